The van der Waals surface area contributed by atoms with Crippen molar-refractivity contribution in [3.8, 4) is 11.5 Å². The van der Waals surface area contributed by atoms with E-state index in [0.717, 1.165) is 22.0 Å². The SMILES string of the molecule is Cc1ccc2cc(CNC(=O)c3ccc4c(c3)OCO4)c(=O)[nH]c2c1C. The summed E-state index contributed by atoms with van der Waals surface area (Å²) in [6.45, 7) is 4.29. The molecule has 0 fully saturated rings. The monoisotopic (exact) mass is 350 g/mol. The largest absolute Gasteiger partial charge is 0.454 e. The van der Waals surface area contributed by atoms with E-state index in [2.05, 4.69) is 10.3 Å². The van der Waals surface area contributed by atoms with Gasteiger partial charge in [-0.2, -0.15) is 0 Å². The molecule has 4 rings (SSSR count). The number of carbonyl (C=O) groups excluding carboxylic acids is 1. The van der Waals surface area contributed by atoms with Crippen LogP contribution in [-0.2, 0) is 6.54 Å². The van der Waals surface area contributed by atoms with E-state index in [-0.39, 0.29) is 24.8 Å². The first-order valence-corrected chi connectivity index (χ1v) is 8.33. The molecule has 0 spiro atoms. The number of aryl methyl sites for hydroxylation is 2. The number of H-pyrrole nitrogens is 1. The number of hydrogen-bond acceptors (Lipinski definition) is 4. The van der Waals surface area contributed by atoms with Gasteiger partial charge >= 0.3 is 0 Å². The molecule has 1 aliphatic rings. The summed E-state index contributed by atoms with van der Waals surface area (Å²) in [5, 5.41) is 3.73. The van der Waals surface area contributed by atoms with E-state index >= 15 is 0 Å². The molecule has 0 aliphatic carbocycles. The Hall–Kier alpha value is -3.28. The van der Waals surface area contributed by atoms with Crippen molar-refractivity contribution >= 4 is 16.8 Å². The first-order valence-electron chi connectivity index (χ1n) is 8.33. The molecule has 26 heavy (non-hydrogen) atoms. The number of carbonyl (C=O) groups is 1. The fraction of sp³-hybridized carbons (Fsp3) is 0.200. The molecule has 0 bridgehead atoms. The lowest BCUT2D eigenvalue weighted by atomic mass is 10.0. The van der Waals surface area contributed by atoms with Gasteiger partial charge in [0.25, 0.3) is 11.5 Å². The molecule has 2 aromatic carbocycles. The lowest BCUT2D eigenvalue weighted by Gasteiger charge is -2.09. The van der Waals surface area contributed by atoms with Crippen molar-refractivity contribution in [1.29, 1.82) is 0 Å². The predicted molar refractivity (Wildman–Crippen MR) is 97.8 cm³/mol. The molecule has 3 aromatic rings. The fourth-order valence-electron chi connectivity index (χ4n) is 3.02. The highest BCUT2D eigenvalue weighted by atomic mass is 16.7. The third-order valence-electron chi connectivity index (χ3n) is 4.70. The Morgan fingerprint density at radius 1 is 1.12 bits per heavy atom. The quantitative estimate of drug-likeness (QED) is 0.761. The second-order valence-electron chi connectivity index (χ2n) is 6.35. The molecule has 1 aromatic heterocycles. The average molecular weight is 350 g/mol. The van der Waals surface area contributed by atoms with Gasteiger partial charge in [-0.25, -0.2) is 0 Å². The van der Waals surface area contributed by atoms with Gasteiger partial charge in [0.2, 0.25) is 6.79 Å². The number of nitrogens with one attached hydrogen (secondary N) is 2. The molecule has 0 saturated heterocycles. The van der Waals surface area contributed by atoms with Crippen molar-refractivity contribution in [1.82, 2.24) is 10.3 Å². The van der Waals surface area contributed by atoms with E-state index < -0.39 is 0 Å². The highest BCUT2D eigenvalue weighted by Crippen LogP contribution is 2.32. The van der Waals surface area contributed by atoms with Crippen LogP contribution in [0.4, 0.5) is 0 Å². The number of ether oxygens (including phenoxy) is 2. The van der Waals surface area contributed by atoms with E-state index in [0.29, 0.717) is 22.6 Å². The number of amides is 1. The molecule has 6 nitrogen and oxygen atoms in total. The summed E-state index contributed by atoms with van der Waals surface area (Å²) in [6, 6.07) is 10.8. The van der Waals surface area contributed by atoms with Gasteiger partial charge in [0.1, 0.15) is 0 Å². The third-order valence-corrected chi connectivity index (χ3v) is 4.70. The van der Waals surface area contributed by atoms with Crippen LogP contribution in [0.25, 0.3) is 10.9 Å². The van der Waals surface area contributed by atoms with Crippen LogP contribution in [0.1, 0.15) is 27.0 Å². The average Bonchev–Trinajstić information content (AvgIpc) is 3.11. The number of pyridine rings is 1. The lowest BCUT2D eigenvalue weighted by molar-refractivity contribution is 0.0950. The van der Waals surface area contributed by atoms with Crippen molar-refractivity contribution in [3.05, 3.63) is 69.0 Å². The summed E-state index contributed by atoms with van der Waals surface area (Å²) < 4.78 is 10.5. The smallest absolute Gasteiger partial charge is 0.253 e. The van der Waals surface area contributed by atoms with Crippen molar-refractivity contribution in [2.24, 2.45) is 0 Å². The lowest BCUT2D eigenvalue weighted by Crippen LogP contribution is -2.26. The summed E-state index contributed by atoms with van der Waals surface area (Å²) in [6.07, 6.45) is 0. The van der Waals surface area contributed by atoms with E-state index in [4.69, 9.17) is 9.47 Å². The topological polar surface area (TPSA) is 80.4 Å². The van der Waals surface area contributed by atoms with Gasteiger partial charge in [0.05, 0.1) is 5.52 Å². The summed E-state index contributed by atoms with van der Waals surface area (Å²) in [5.41, 5.74) is 3.78. The summed E-state index contributed by atoms with van der Waals surface area (Å²) in [5.74, 6) is 0.896. The minimum absolute atomic E-state index is 0.144. The molecule has 6 heteroatoms. The Labute approximate surface area is 149 Å². The first kappa shape index (κ1) is 16.2. The van der Waals surface area contributed by atoms with Gasteiger partial charge < -0.3 is 19.8 Å². The zero-order chi connectivity index (χ0) is 18.3. The van der Waals surface area contributed by atoms with E-state index in [9.17, 15) is 9.59 Å². The normalized spacial score (nSPS) is 12.4. The van der Waals surface area contributed by atoms with Crippen molar-refractivity contribution < 1.29 is 14.3 Å². The molecule has 0 saturated carbocycles. The van der Waals surface area contributed by atoms with Gasteiger partial charge in [0.15, 0.2) is 11.5 Å². The molecule has 1 aliphatic heterocycles. The number of aromatic nitrogens is 1. The molecular formula is C20H18N2O4. The van der Waals surface area contributed by atoms with Crippen LogP contribution < -0.4 is 20.3 Å². The first-order chi connectivity index (χ1) is 12.5. The van der Waals surface area contributed by atoms with Crippen LogP contribution in [0.5, 0.6) is 11.5 Å². The minimum Gasteiger partial charge on any atom is -0.454 e. The highest BCUT2D eigenvalue weighted by molar-refractivity contribution is 5.95. The fourth-order valence-corrected chi connectivity index (χ4v) is 3.02. The van der Waals surface area contributed by atoms with E-state index in [1.54, 1.807) is 18.2 Å². The van der Waals surface area contributed by atoms with Crippen LogP contribution in [0.15, 0.2) is 41.2 Å². The molecular weight excluding hydrogens is 332 g/mol. The van der Waals surface area contributed by atoms with Crippen molar-refractivity contribution in [2.45, 2.75) is 20.4 Å². The molecule has 0 unspecified atom stereocenters. The zero-order valence-electron chi connectivity index (χ0n) is 14.5. The maximum atomic E-state index is 12.4. The Morgan fingerprint density at radius 2 is 1.92 bits per heavy atom. The Kier molecular flexibility index (Phi) is 3.88. The number of aromatic amines is 1. The molecule has 1 amide bonds. The van der Waals surface area contributed by atoms with Crippen LogP contribution in [0.2, 0.25) is 0 Å². The number of hydrogen-bond donors (Lipinski definition) is 2. The Morgan fingerprint density at radius 3 is 2.77 bits per heavy atom. The molecule has 0 atom stereocenters. The third kappa shape index (κ3) is 2.79. The van der Waals surface area contributed by atoms with Crippen molar-refractivity contribution in [3.63, 3.8) is 0 Å². The van der Waals surface area contributed by atoms with Gasteiger partial charge in [-0.1, -0.05) is 12.1 Å². The number of benzene rings is 2. The second-order valence-corrected chi connectivity index (χ2v) is 6.35. The van der Waals surface area contributed by atoms with Crippen molar-refractivity contribution in [2.75, 3.05) is 6.79 Å². The van der Waals surface area contributed by atoms with E-state index in [1.807, 2.05) is 32.0 Å². The summed E-state index contributed by atoms with van der Waals surface area (Å²) >= 11 is 0. The second kappa shape index (κ2) is 6.22. The summed E-state index contributed by atoms with van der Waals surface area (Å²) in [7, 11) is 0. The molecule has 132 valence electrons. The van der Waals surface area contributed by atoms with Gasteiger partial charge in [0, 0.05) is 17.7 Å². The van der Waals surface area contributed by atoms with Crippen LogP contribution >= 0.6 is 0 Å². The van der Waals surface area contributed by atoms with Crippen LogP contribution in [0.3, 0.4) is 0 Å². The van der Waals surface area contributed by atoms with Gasteiger partial charge in [-0.05, 0) is 54.6 Å². The van der Waals surface area contributed by atoms with Gasteiger partial charge in [-0.3, -0.25) is 9.59 Å². The minimum atomic E-state index is -0.275. The number of rotatable bonds is 3. The van der Waals surface area contributed by atoms with Crippen LogP contribution in [-0.4, -0.2) is 17.7 Å². The van der Waals surface area contributed by atoms with E-state index in [1.165, 1.54) is 0 Å². The van der Waals surface area contributed by atoms with Crippen LogP contribution in [0, 0.1) is 13.8 Å². The Balaban J connectivity index is 1.56. The number of fused-ring (bicyclic) bond motifs is 2. The zero-order valence-corrected chi connectivity index (χ0v) is 14.5. The molecule has 0 radical (unpaired) electrons. The maximum Gasteiger partial charge on any atom is 0.253 e. The maximum absolute atomic E-state index is 12.4. The predicted octanol–water partition coefficient (Wildman–Crippen LogP) is 2.80. The molecule has 2 heterocycles. The standard InChI is InChI=1S/C20H18N2O4/c1-11-3-4-13-7-15(20(24)22-18(13)12(11)2)9-21-19(23)14-5-6-16-17(8-14)26-10-25-16/h3-8H,9-10H2,1-2H3,(H,21,23)(H,22,24). The molecule has 2 N–H and O–H groups in total. The summed E-state index contributed by atoms with van der Waals surface area (Å²) in [4.78, 5) is 27.6. The highest BCUT2D eigenvalue weighted by Gasteiger charge is 2.16. The Bertz CT molecular complexity index is 1090. The van der Waals surface area contributed by atoms with Gasteiger partial charge in [-0.15, -0.1) is 0 Å².